The molecule has 0 saturated heterocycles. The van der Waals surface area contributed by atoms with Gasteiger partial charge >= 0.3 is 11.9 Å². The van der Waals surface area contributed by atoms with Crippen molar-refractivity contribution in [3.63, 3.8) is 0 Å². The number of benzene rings is 3. The van der Waals surface area contributed by atoms with E-state index in [1.165, 1.54) is 20.1 Å². The number of carbonyl (C=O) groups excluding carboxylic acids is 3. The minimum atomic E-state index is -1.67. The number of likely N-dealkylation sites (N-methyl/N-ethyl adjacent to an activating group) is 1. The number of methoxy groups -OCH3 is 1. The van der Waals surface area contributed by atoms with Crippen LogP contribution in [0.2, 0.25) is 0 Å². The van der Waals surface area contributed by atoms with Gasteiger partial charge in [-0.15, -0.1) is 0 Å². The van der Waals surface area contributed by atoms with Crippen LogP contribution >= 0.6 is 0 Å². The van der Waals surface area contributed by atoms with Crippen molar-refractivity contribution in [3.8, 4) is 23.3 Å². The molecular weight excluding hydrogens is 989 g/mol. The summed E-state index contributed by atoms with van der Waals surface area (Å²) < 4.78 is 18.5. The molecule has 0 aromatic heterocycles. The van der Waals surface area contributed by atoms with Gasteiger partial charge in [0.25, 0.3) is 0 Å². The quantitative estimate of drug-likeness (QED) is 0.0413. The number of allylic oxidation sites excluding steroid dienone is 2. The Morgan fingerprint density at radius 1 is 0.885 bits per heavy atom. The average Bonchev–Trinajstić information content (AvgIpc) is 3.42. The number of Topliss-reactive ketones (excluding diaryl/α,β-unsaturated/α-hetero) is 1. The van der Waals surface area contributed by atoms with Crippen LogP contribution in [0, 0.1) is 53.3 Å². The monoisotopic (exact) mass is 1070 g/mol. The lowest BCUT2D eigenvalue weighted by Crippen LogP contribution is -2.70. The Bertz CT molecular complexity index is 2910. The van der Waals surface area contributed by atoms with Crippen LogP contribution < -0.4 is 15.4 Å². The summed E-state index contributed by atoms with van der Waals surface area (Å²) in [7, 11) is 3.17. The van der Waals surface area contributed by atoms with Crippen molar-refractivity contribution in [3.05, 3.63) is 111 Å². The third-order valence-corrected chi connectivity index (χ3v) is 19.5. The third kappa shape index (κ3) is 10.4. The SMILES string of the molecule is CNCC(O)c1cc(NCC(C)(O)C(O)COC)cc(C2C#CC3CC(=O)Oc4c3cc(c(O)c4C3CCCCC3)CC3OC(=O)C(=CC(O)Cc4cccc(c4)CC4C(=O)CC5C=CC6C7CCCCC7C3(O)C5C46)C2)c1. The highest BCUT2D eigenvalue weighted by molar-refractivity contribution is 5.89. The van der Waals surface area contributed by atoms with Crippen molar-refractivity contribution in [2.24, 2.45) is 41.4 Å². The van der Waals surface area contributed by atoms with E-state index in [0.717, 1.165) is 62.5 Å². The molecule has 5 aliphatic carbocycles. The number of ketones is 1. The molecule has 3 heterocycles. The van der Waals surface area contributed by atoms with E-state index in [1.807, 2.05) is 42.5 Å². The second kappa shape index (κ2) is 22.3. The molecule has 3 aromatic carbocycles. The van der Waals surface area contributed by atoms with Crippen molar-refractivity contribution in [2.45, 2.75) is 157 Å². The van der Waals surface area contributed by atoms with Crippen molar-refractivity contribution in [1.29, 1.82) is 0 Å². The number of phenolic OH excluding ortho intramolecular Hbond substituents is 1. The van der Waals surface area contributed by atoms with Crippen LogP contribution in [0.4, 0.5) is 5.69 Å². The molecule has 8 N–H and O–H groups in total. The Morgan fingerprint density at radius 3 is 2.42 bits per heavy atom. The lowest BCUT2D eigenvalue weighted by Gasteiger charge is -2.65. The molecule has 3 aliphatic heterocycles. The molecule has 8 aliphatic rings. The number of esters is 2. The van der Waals surface area contributed by atoms with Crippen LogP contribution in [-0.4, -0.2) is 112 Å². The summed E-state index contributed by atoms with van der Waals surface area (Å²) in [6.45, 7) is 1.47. The first-order valence-corrected chi connectivity index (χ1v) is 28.9. The maximum atomic E-state index is 15.9. The Morgan fingerprint density at radius 2 is 1.64 bits per heavy atom. The fraction of sp³-hybridized carbons (Fsp3) is 0.578. The third-order valence-electron chi connectivity index (χ3n) is 19.5. The number of hydrogen-bond acceptors (Lipinski definition) is 14. The molecule has 416 valence electrons. The van der Waals surface area contributed by atoms with Gasteiger partial charge in [0.15, 0.2) is 0 Å². The van der Waals surface area contributed by atoms with E-state index in [9.17, 15) is 40.2 Å². The molecule has 0 radical (unpaired) electrons. The van der Waals surface area contributed by atoms with Gasteiger partial charge in [0.1, 0.15) is 40.7 Å². The summed E-state index contributed by atoms with van der Waals surface area (Å²) in [6.07, 6.45) is 9.77. The number of aromatic hydroxyl groups is 1. The molecule has 12 bridgehead atoms. The number of phenols is 1. The normalized spacial score (nSPS) is 33.1. The largest absolute Gasteiger partial charge is 0.507 e. The highest BCUT2D eigenvalue weighted by Gasteiger charge is 2.68. The van der Waals surface area contributed by atoms with E-state index in [0.29, 0.717) is 52.1 Å². The van der Waals surface area contributed by atoms with E-state index in [1.54, 1.807) is 13.1 Å². The first kappa shape index (κ1) is 54.6. The smallest absolute Gasteiger partial charge is 0.334 e. The maximum Gasteiger partial charge on any atom is 0.334 e. The van der Waals surface area contributed by atoms with E-state index < -0.39 is 71.2 Å². The Labute approximate surface area is 458 Å². The second-order valence-electron chi connectivity index (χ2n) is 24.5. The summed E-state index contributed by atoms with van der Waals surface area (Å²) in [4.78, 5) is 44.5. The van der Waals surface area contributed by atoms with Gasteiger partial charge < -0.3 is 55.5 Å². The number of ether oxygens (including phenoxy) is 3. The van der Waals surface area contributed by atoms with Crippen LogP contribution in [0.1, 0.15) is 147 Å². The van der Waals surface area contributed by atoms with Gasteiger partial charge in [-0.05, 0) is 140 Å². The molecule has 78 heavy (non-hydrogen) atoms. The van der Waals surface area contributed by atoms with E-state index >= 15 is 4.79 Å². The zero-order chi connectivity index (χ0) is 54.6. The fourth-order valence-electron chi connectivity index (χ4n) is 15.7. The van der Waals surface area contributed by atoms with Crippen LogP contribution in [0.15, 0.2) is 72.3 Å². The molecule has 4 fully saturated rings. The summed E-state index contributed by atoms with van der Waals surface area (Å²) >= 11 is 0. The lowest BCUT2D eigenvalue weighted by atomic mass is 9.41. The molecule has 15 atom stereocenters. The maximum absolute atomic E-state index is 15.9. The predicted molar refractivity (Wildman–Crippen MR) is 293 cm³/mol. The van der Waals surface area contributed by atoms with Gasteiger partial charge in [0.2, 0.25) is 0 Å². The summed E-state index contributed by atoms with van der Waals surface area (Å²) in [5, 5.41) is 79.8. The van der Waals surface area contributed by atoms with E-state index in [4.69, 9.17) is 14.2 Å². The number of aliphatic hydroxyl groups excluding tert-OH is 3. The first-order valence-electron chi connectivity index (χ1n) is 28.9. The fourth-order valence-corrected chi connectivity index (χ4v) is 15.7. The number of hydrogen-bond donors (Lipinski definition) is 8. The Hall–Kier alpha value is -5.37. The summed E-state index contributed by atoms with van der Waals surface area (Å²) in [6, 6.07) is 15.2. The minimum absolute atomic E-state index is 0.00507. The highest BCUT2D eigenvalue weighted by atomic mass is 16.6. The first-order chi connectivity index (χ1) is 37.5. The minimum Gasteiger partial charge on any atom is -0.507 e. The Kier molecular flexibility index (Phi) is 15.6. The van der Waals surface area contributed by atoms with Gasteiger partial charge in [0, 0.05) is 79.6 Å². The number of fused-ring (bicyclic) bond motifs is 10. The molecule has 4 saturated carbocycles. The van der Waals surface area contributed by atoms with Crippen molar-refractivity contribution in [2.75, 3.05) is 39.2 Å². The number of anilines is 1. The van der Waals surface area contributed by atoms with Gasteiger partial charge in [-0.1, -0.05) is 86.4 Å². The highest BCUT2D eigenvalue weighted by Crippen LogP contribution is 2.65. The molecule has 15 unspecified atom stereocenters. The number of nitrogens with one attached hydrogen (secondary N) is 2. The lowest BCUT2D eigenvalue weighted by molar-refractivity contribution is -0.247. The predicted octanol–water partition coefficient (Wildman–Crippen LogP) is 7.16. The van der Waals surface area contributed by atoms with Crippen molar-refractivity contribution >= 4 is 23.4 Å². The average molecular weight is 1070 g/mol. The van der Waals surface area contributed by atoms with Crippen LogP contribution in [0.3, 0.4) is 0 Å². The molecule has 14 heteroatoms. The van der Waals surface area contributed by atoms with Crippen molar-refractivity contribution in [1.82, 2.24) is 5.32 Å². The van der Waals surface area contributed by atoms with Crippen molar-refractivity contribution < 1.29 is 59.2 Å². The standard InChI is InChI=1S/C64H78N2O12/c1-63(74,54(70)33-76-3)34-66-45-25-41(24-42(26-45)53(69)32-65-2)38-16-17-39-31-56(71)78-61-49(39)28-43(60(72)57(61)37-12-5-4-6-13-37)30-55-64(75)51-15-8-7-14-47(51)48-19-18-40-29-52(68)50(58(48)59(40)64)22-36-11-9-10-35(20-36)21-46(67)27-44(23-38)62(73)77-55/h9-11,18-20,24-28,37-40,46-48,50-51,53-55,58-59,65-67,69-70,72,74-75H,4-8,12-15,21-23,29-34H2,1-3H3. The van der Waals surface area contributed by atoms with Gasteiger partial charge in [-0.2, -0.15) is 0 Å². The van der Waals surface area contributed by atoms with Crippen LogP contribution in [0.25, 0.3) is 0 Å². The molecule has 11 rings (SSSR count). The second-order valence-corrected chi connectivity index (χ2v) is 24.5. The van der Waals surface area contributed by atoms with Gasteiger partial charge in [0.05, 0.1) is 31.2 Å². The summed E-state index contributed by atoms with van der Waals surface area (Å²) in [5.74, 6) is 2.77. The van der Waals surface area contributed by atoms with Crippen LogP contribution in [-0.2, 0) is 43.1 Å². The summed E-state index contributed by atoms with van der Waals surface area (Å²) in [5.41, 5.74) is 1.79. The zero-order valence-corrected chi connectivity index (χ0v) is 45.3. The van der Waals surface area contributed by atoms with E-state index in [-0.39, 0.29) is 104 Å². The van der Waals surface area contributed by atoms with Gasteiger partial charge in [-0.25, -0.2) is 4.79 Å². The number of carbonyl (C=O) groups is 3. The molecular formula is C64H78N2O12. The number of aliphatic hydroxyl groups is 5. The molecule has 0 amide bonds. The molecule has 3 aromatic rings. The topological polar surface area (TPSA) is 224 Å². The van der Waals surface area contributed by atoms with Crippen LogP contribution in [0.5, 0.6) is 11.5 Å². The number of rotatable bonds is 11. The molecule has 14 nitrogen and oxygen atoms in total. The van der Waals surface area contributed by atoms with Gasteiger partial charge in [-0.3, -0.25) is 9.59 Å². The zero-order valence-electron chi connectivity index (χ0n) is 45.3. The van der Waals surface area contributed by atoms with E-state index in [2.05, 4.69) is 34.6 Å². The molecule has 0 spiro atoms. The Balaban J connectivity index is 1.14.